The molecule has 1 aromatic heterocycles. The van der Waals surface area contributed by atoms with Gasteiger partial charge < -0.3 is 16.4 Å². The highest BCUT2D eigenvalue weighted by molar-refractivity contribution is 6.05. The van der Waals surface area contributed by atoms with Gasteiger partial charge in [-0.3, -0.25) is 14.6 Å². The van der Waals surface area contributed by atoms with E-state index in [1.807, 2.05) is 37.3 Å². The first-order valence-corrected chi connectivity index (χ1v) is 11.7. The van der Waals surface area contributed by atoms with Crippen molar-refractivity contribution in [3.05, 3.63) is 94.8 Å². The third kappa shape index (κ3) is 6.86. The molecule has 0 aliphatic carbocycles. The van der Waals surface area contributed by atoms with Gasteiger partial charge in [0.1, 0.15) is 5.84 Å². The minimum absolute atomic E-state index is 0.00976. The van der Waals surface area contributed by atoms with Crippen LogP contribution in [-0.4, -0.2) is 22.6 Å². The molecule has 1 aliphatic rings. The van der Waals surface area contributed by atoms with Gasteiger partial charge in [0.25, 0.3) is 5.91 Å². The molecule has 0 radical (unpaired) electrons. The number of aromatic nitrogens is 1. The van der Waals surface area contributed by atoms with Crippen LogP contribution in [0.25, 0.3) is 6.08 Å². The average molecular weight is 468 g/mol. The van der Waals surface area contributed by atoms with Crippen LogP contribution >= 0.6 is 0 Å². The summed E-state index contributed by atoms with van der Waals surface area (Å²) in [5.74, 6) is 0.244. The molecular formula is C28H29N5O2. The molecule has 0 bridgehead atoms. The molecule has 0 fully saturated rings. The van der Waals surface area contributed by atoms with Crippen LogP contribution in [0.15, 0.2) is 77.6 Å². The Hall–Kier alpha value is -4.26. The lowest BCUT2D eigenvalue weighted by Gasteiger charge is -2.09. The monoisotopic (exact) mass is 467 g/mol. The van der Waals surface area contributed by atoms with Crippen molar-refractivity contribution in [2.45, 2.75) is 39.2 Å². The first kappa shape index (κ1) is 23.9. The Morgan fingerprint density at radius 3 is 2.69 bits per heavy atom. The summed E-state index contributed by atoms with van der Waals surface area (Å²) < 4.78 is 0. The molecule has 178 valence electrons. The lowest BCUT2D eigenvalue weighted by Crippen LogP contribution is -2.22. The van der Waals surface area contributed by atoms with Crippen molar-refractivity contribution in [1.82, 2.24) is 10.3 Å². The molecule has 2 aromatic carbocycles. The van der Waals surface area contributed by atoms with E-state index in [-0.39, 0.29) is 11.8 Å². The molecule has 2 amide bonds. The van der Waals surface area contributed by atoms with E-state index >= 15 is 0 Å². The molecule has 0 saturated carbocycles. The van der Waals surface area contributed by atoms with Crippen molar-refractivity contribution in [3.8, 4) is 0 Å². The molecule has 3 aromatic rings. The number of aliphatic imine (C=N–C) groups is 1. The lowest BCUT2D eigenvalue weighted by molar-refractivity contribution is -0.121. The Morgan fingerprint density at radius 1 is 1.03 bits per heavy atom. The van der Waals surface area contributed by atoms with E-state index in [2.05, 4.69) is 32.7 Å². The number of pyridine rings is 1. The van der Waals surface area contributed by atoms with E-state index in [1.54, 1.807) is 30.6 Å². The van der Waals surface area contributed by atoms with E-state index in [1.165, 1.54) is 5.56 Å². The van der Waals surface area contributed by atoms with Crippen molar-refractivity contribution in [3.63, 3.8) is 0 Å². The summed E-state index contributed by atoms with van der Waals surface area (Å²) in [4.78, 5) is 33.7. The van der Waals surface area contributed by atoms with Gasteiger partial charge in [0.2, 0.25) is 5.91 Å². The molecule has 1 aliphatic heterocycles. The number of nitrogens with two attached hydrogens (primary N) is 1. The third-order valence-corrected chi connectivity index (χ3v) is 5.67. The number of benzene rings is 2. The van der Waals surface area contributed by atoms with Gasteiger partial charge in [-0.25, -0.2) is 4.99 Å². The predicted octanol–water partition coefficient (Wildman–Crippen LogP) is 4.77. The Kier molecular flexibility index (Phi) is 7.67. The number of hydrogen-bond acceptors (Lipinski definition) is 5. The molecule has 0 saturated heterocycles. The summed E-state index contributed by atoms with van der Waals surface area (Å²) in [5, 5.41) is 5.79. The largest absolute Gasteiger partial charge is 0.387 e. The number of nitrogens with one attached hydrogen (secondary N) is 2. The summed E-state index contributed by atoms with van der Waals surface area (Å²) in [6, 6.07) is 17.3. The summed E-state index contributed by atoms with van der Waals surface area (Å²) in [6.07, 6.45) is 8.01. The minimum Gasteiger partial charge on any atom is -0.387 e. The number of aryl methyl sites for hydroxylation is 1. The number of amidine groups is 1. The maximum absolute atomic E-state index is 12.8. The standard InChI is InChI=1S/C28H29N5O2/c1-19-12-22-10-11-23(15-25(22)33-26(29)13-19)28(35)32-24-14-21(16-30-18-24)17-31-27(34)9-5-8-20-6-3-2-4-7-20/h2-4,6-7,10-12,14-16,18H,5,8-9,13,17H2,1H3,(H2,29,33)(H,31,34)(H,32,35). The Labute approximate surface area is 205 Å². The SMILES string of the molecule is CC1=Cc2ccc(C(=O)Nc3cncc(CNC(=O)CCCc4ccccc4)c3)cc2N=C(N)C1. The van der Waals surface area contributed by atoms with Gasteiger partial charge in [0.15, 0.2) is 0 Å². The van der Waals surface area contributed by atoms with Gasteiger partial charge >= 0.3 is 0 Å². The van der Waals surface area contributed by atoms with Crippen molar-refractivity contribution in [2.24, 2.45) is 10.7 Å². The number of anilines is 1. The normalized spacial score (nSPS) is 12.6. The molecule has 35 heavy (non-hydrogen) atoms. The molecule has 0 spiro atoms. The summed E-state index contributed by atoms with van der Waals surface area (Å²) in [7, 11) is 0. The third-order valence-electron chi connectivity index (χ3n) is 5.67. The molecule has 7 nitrogen and oxygen atoms in total. The summed E-state index contributed by atoms with van der Waals surface area (Å²) >= 11 is 0. The van der Waals surface area contributed by atoms with Crippen LogP contribution in [-0.2, 0) is 17.8 Å². The highest BCUT2D eigenvalue weighted by Crippen LogP contribution is 2.27. The van der Waals surface area contributed by atoms with Crippen molar-refractivity contribution >= 4 is 35.1 Å². The van der Waals surface area contributed by atoms with Gasteiger partial charge in [0.05, 0.1) is 17.6 Å². The van der Waals surface area contributed by atoms with E-state index in [9.17, 15) is 9.59 Å². The first-order chi connectivity index (χ1) is 17.0. The maximum atomic E-state index is 12.8. The zero-order valence-electron chi connectivity index (χ0n) is 19.8. The number of carbonyl (C=O) groups excluding carboxylic acids is 2. The second kappa shape index (κ2) is 11.2. The molecule has 2 heterocycles. The first-order valence-electron chi connectivity index (χ1n) is 11.7. The molecule has 4 N–H and O–H groups in total. The van der Waals surface area contributed by atoms with Crippen molar-refractivity contribution in [1.29, 1.82) is 0 Å². The highest BCUT2D eigenvalue weighted by Gasteiger charge is 2.13. The number of fused-ring (bicyclic) bond motifs is 1. The van der Waals surface area contributed by atoms with Crippen LogP contribution in [0.1, 0.15) is 53.2 Å². The highest BCUT2D eigenvalue weighted by atomic mass is 16.2. The molecule has 7 heteroatoms. The van der Waals surface area contributed by atoms with Crippen LogP contribution in [0.4, 0.5) is 11.4 Å². The maximum Gasteiger partial charge on any atom is 0.255 e. The Bertz CT molecular complexity index is 1280. The second-order valence-electron chi connectivity index (χ2n) is 8.70. The number of carbonyl (C=O) groups is 2. The second-order valence-corrected chi connectivity index (χ2v) is 8.70. The summed E-state index contributed by atoms with van der Waals surface area (Å²) in [5.41, 5.74) is 11.8. The number of amides is 2. The van der Waals surface area contributed by atoms with E-state index in [0.717, 1.165) is 29.5 Å². The zero-order valence-corrected chi connectivity index (χ0v) is 19.8. The molecule has 4 rings (SSSR count). The van der Waals surface area contributed by atoms with Crippen LogP contribution in [0.2, 0.25) is 0 Å². The van der Waals surface area contributed by atoms with Gasteiger partial charge in [-0.1, -0.05) is 48.0 Å². The smallest absolute Gasteiger partial charge is 0.255 e. The molecule has 0 unspecified atom stereocenters. The Balaban J connectivity index is 1.31. The van der Waals surface area contributed by atoms with Crippen molar-refractivity contribution in [2.75, 3.05) is 5.32 Å². The average Bonchev–Trinajstić information content (AvgIpc) is 2.99. The van der Waals surface area contributed by atoms with E-state index < -0.39 is 0 Å². The quantitative estimate of drug-likeness (QED) is 0.443. The fraction of sp³-hybridized carbons (Fsp3) is 0.214. The number of hydrogen-bond donors (Lipinski definition) is 3. The molecular weight excluding hydrogens is 438 g/mol. The fourth-order valence-corrected chi connectivity index (χ4v) is 3.94. The van der Waals surface area contributed by atoms with Crippen LogP contribution in [0.5, 0.6) is 0 Å². The summed E-state index contributed by atoms with van der Waals surface area (Å²) in [6.45, 7) is 2.35. The number of rotatable bonds is 8. The lowest BCUT2D eigenvalue weighted by atomic mass is 10.1. The van der Waals surface area contributed by atoms with Crippen LogP contribution < -0.4 is 16.4 Å². The van der Waals surface area contributed by atoms with Crippen LogP contribution in [0, 0.1) is 0 Å². The number of nitrogens with zero attached hydrogens (tertiary/aromatic N) is 2. The fourth-order valence-electron chi connectivity index (χ4n) is 3.94. The molecule has 0 atom stereocenters. The Morgan fingerprint density at radius 2 is 1.86 bits per heavy atom. The van der Waals surface area contributed by atoms with Gasteiger partial charge in [-0.05, 0) is 49.1 Å². The van der Waals surface area contributed by atoms with Crippen molar-refractivity contribution < 1.29 is 9.59 Å². The minimum atomic E-state index is -0.268. The van der Waals surface area contributed by atoms with Gasteiger partial charge in [-0.2, -0.15) is 0 Å². The van der Waals surface area contributed by atoms with E-state index in [4.69, 9.17) is 5.73 Å². The zero-order chi connectivity index (χ0) is 24.6. The van der Waals surface area contributed by atoms with Gasteiger partial charge in [0, 0.05) is 36.7 Å². The van der Waals surface area contributed by atoms with Crippen LogP contribution in [0.3, 0.4) is 0 Å². The topological polar surface area (TPSA) is 109 Å². The van der Waals surface area contributed by atoms with Gasteiger partial charge in [-0.15, -0.1) is 0 Å². The predicted molar refractivity (Wildman–Crippen MR) is 139 cm³/mol. The van der Waals surface area contributed by atoms with E-state index in [0.29, 0.717) is 42.2 Å².